The fourth-order valence-corrected chi connectivity index (χ4v) is 2.08. The summed E-state index contributed by atoms with van der Waals surface area (Å²) in [6, 6.07) is 6.42. The van der Waals surface area contributed by atoms with E-state index in [1.165, 1.54) is 12.1 Å². The first kappa shape index (κ1) is 17.0. The molecule has 1 aromatic carbocycles. The van der Waals surface area contributed by atoms with Crippen molar-refractivity contribution in [2.75, 3.05) is 26.7 Å². The third kappa shape index (κ3) is 6.39. The smallest absolute Gasteiger partial charge is 0.251 e. The van der Waals surface area contributed by atoms with Gasteiger partial charge in [-0.05, 0) is 50.7 Å². The summed E-state index contributed by atoms with van der Waals surface area (Å²) in [6.45, 7) is 3.27. The van der Waals surface area contributed by atoms with E-state index in [0.717, 1.165) is 24.9 Å². The fourth-order valence-electron chi connectivity index (χ4n) is 2.08. The molecular weight excluding hydrogens is 265 g/mol. The van der Waals surface area contributed by atoms with Crippen LogP contribution in [0, 0.1) is 5.82 Å². The highest BCUT2D eigenvalue weighted by molar-refractivity contribution is 5.19. The number of benzene rings is 1. The summed E-state index contributed by atoms with van der Waals surface area (Å²) in [7, 11) is 1.69. The normalized spacial score (nSPS) is 13.2. The van der Waals surface area contributed by atoms with Gasteiger partial charge in [-0.3, -0.25) is 0 Å². The Balaban J connectivity index is 2.57. The molecule has 114 valence electrons. The van der Waals surface area contributed by atoms with Gasteiger partial charge in [0.15, 0.2) is 0 Å². The highest BCUT2D eigenvalue weighted by Gasteiger charge is 2.13. The van der Waals surface area contributed by atoms with Crippen molar-refractivity contribution in [3.05, 3.63) is 35.6 Å². The van der Waals surface area contributed by atoms with Gasteiger partial charge in [-0.15, -0.1) is 0 Å². The van der Waals surface area contributed by atoms with Crippen molar-refractivity contribution in [1.29, 1.82) is 0 Å². The molecule has 0 saturated heterocycles. The minimum absolute atomic E-state index is 0.0654. The zero-order chi connectivity index (χ0) is 15.0. The highest BCUT2D eigenvalue weighted by atomic mass is 19.3. The number of rotatable bonds is 9. The van der Waals surface area contributed by atoms with Crippen LogP contribution in [0.2, 0.25) is 0 Å². The molecule has 0 spiro atoms. The molecule has 0 aliphatic carbocycles. The second-order valence-corrected chi connectivity index (χ2v) is 5.00. The Labute approximate surface area is 119 Å². The zero-order valence-electron chi connectivity index (χ0n) is 12.1. The number of hydrogen-bond acceptors (Lipinski definition) is 2. The quantitative estimate of drug-likeness (QED) is 0.748. The van der Waals surface area contributed by atoms with Crippen LogP contribution in [0.5, 0.6) is 0 Å². The Hall–Kier alpha value is -1.07. The van der Waals surface area contributed by atoms with Gasteiger partial charge in [0.1, 0.15) is 5.82 Å². The van der Waals surface area contributed by atoms with Gasteiger partial charge in [-0.1, -0.05) is 19.1 Å². The van der Waals surface area contributed by atoms with Crippen LogP contribution in [0.15, 0.2) is 24.3 Å². The van der Waals surface area contributed by atoms with Crippen LogP contribution >= 0.6 is 0 Å². The molecule has 0 bridgehead atoms. The monoisotopic (exact) mass is 288 g/mol. The second kappa shape index (κ2) is 8.97. The summed E-state index contributed by atoms with van der Waals surface area (Å²) in [6.07, 6.45) is -0.604. The number of nitrogens with zero attached hydrogens (tertiary/aromatic N) is 1. The molecule has 0 heterocycles. The molecule has 1 rings (SSSR count). The molecule has 1 atom stereocenters. The Kier molecular flexibility index (Phi) is 7.62. The van der Waals surface area contributed by atoms with E-state index in [-0.39, 0.29) is 18.4 Å². The number of alkyl halides is 2. The maximum absolute atomic E-state index is 12.9. The van der Waals surface area contributed by atoms with E-state index < -0.39 is 6.43 Å². The van der Waals surface area contributed by atoms with Gasteiger partial charge in [-0.2, -0.15) is 0 Å². The van der Waals surface area contributed by atoms with Gasteiger partial charge in [0.05, 0.1) is 6.54 Å². The maximum Gasteiger partial charge on any atom is 0.251 e. The van der Waals surface area contributed by atoms with Gasteiger partial charge in [0, 0.05) is 6.04 Å². The van der Waals surface area contributed by atoms with Crippen molar-refractivity contribution >= 4 is 0 Å². The van der Waals surface area contributed by atoms with Crippen molar-refractivity contribution in [3.8, 4) is 0 Å². The molecule has 0 saturated carbocycles. The molecule has 20 heavy (non-hydrogen) atoms. The third-order valence-electron chi connectivity index (χ3n) is 3.16. The average molecular weight is 288 g/mol. The fraction of sp³-hybridized carbons (Fsp3) is 0.600. The number of nitrogens with one attached hydrogen (secondary N) is 1. The van der Waals surface area contributed by atoms with E-state index in [9.17, 15) is 13.2 Å². The van der Waals surface area contributed by atoms with E-state index in [4.69, 9.17) is 0 Å². The lowest BCUT2D eigenvalue weighted by Gasteiger charge is -2.23. The summed E-state index contributed by atoms with van der Waals surface area (Å²) >= 11 is 0. The predicted octanol–water partition coefficient (Wildman–Crippen LogP) is 3.45. The predicted molar refractivity (Wildman–Crippen MR) is 75.6 cm³/mol. The standard InChI is InChI=1S/C15H23F3N2/c1-3-9-19-14(8-10-20(2)11-15(17)18)12-4-6-13(16)7-5-12/h4-7,14-15,19H,3,8-11H2,1-2H3. The highest BCUT2D eigenvalue weighted by Crippen LogP contribution is 2.18. The lowest BCUT2D eigenvalue weighted by Crippen LogP contribution is -2.30. The topological polar surface area (TPSA) is 15.3 Å². The number of hydrogen-bond donors (Lipinski definition) is 1. The molecule has 2 nitrogen and oxygen atoms in total. The van der Waals surface area contributed by atoms with E-state index in [0.29, 0.717) is 6.54 Å². The van der Waals surface area contributed by atoms with Crippen LogP contribution in [0.1, 0.15) is 31.4 Å². The summed E-state index contributed by atoms with van der Waals surface area (Å²) in [4.78, 5) is 1.62. The maximum atomic E-state index is 12.9. The summed E-state index contributed by atoms with van der Waals surface area (Å²) in [5.41, 5.74) is 0.991. The largest absolute Gasteiger partial charge is 0.310 e. The second-order valence-electron chi connectivity index (χ2n) is 5.00. The minimum atomic E-state index is -2.31. The SMILES string of the molecule is CCCNC(CCN(C)CC(F)F)c1ccc(F)cc1. The van der Waals surface area contributed by atoms with Crippen LogP contribution in [0.4, 0.5) is 13.2 Å². The number of halogens is 3. The lowest BCUT2D eigenvalue weighted by atomic mass is 10.0. The van der Waals surface area contributed by atoms with E-state index in [1.807, 2.05) is 0 Å². The van der Waals surface area contributed by atoms with Crippen LogP contribution in [0.3, 0.4) is 0 Å². The first-order valence-corrected chi connectivity index (χ1v) is 6.98. The molecule has 0 fully saturated rings. The van der Waals surface area contributed by atoms with E-state index in [1.54, 1.807) is 24.1 Å². The average Bonchev–Trinajstić information content (AvgIpc) is 2.39. The van der Waals surface area contributed by atoms with Crippen molar-refractivity contribution in [2.24, 2.45) is 0 Å². The van der Waals surface area contributed by atoms with E-state index in [2.05, 4.69) is 12.2 Å². The molecule has 1 N–H and O–H groups in total. The Morgan fingerprint density at radius 2 is 1.85 bits per heavy atom. The van der Waals surface area contributed by atoms with E-state index >= 15 is 0 Å². The van der Waals surface area contributed by atoms with Crippen molar-refractivity contribution in [2.45, 2.75) is 32.2 Å². The van der Waals surface area contributed by atoms with Crippen LogP contribution in [-0.2, 0) is 0 Å². The van der Waals surface area contributed by atoms with Gasteiger partial charge in [0.25, 0.3) is 6.43 Å². The molecule has 0 aromatic heterocycles. The molecule has 0 aliphatic rings. The van der Waals surface area contributed by atoms with Crippen LogP contribution in [0.25, 0.3) is 0 Å². The Morgan fingerprint density at radius 3 is 2.40 bits per heavy atom. The molecule has 1 unspecified atom stereocenters. The van der Waals surface area contributed by atoms with Gasteiger partial charge < -0.3 is 10.2 Å². The van der Waals surface area contributed by atoms with Crippen LogP contribution < -0.4 is 5.32 Å². The molecule has 1 aromatic rings. The minimum Gasteiger partial charge on any atom is -0.310 e. The summed E-state index contributed by atoms with van der Waals surface area (Å²) in [5.74, 6) is -0.266. The summed E-state index contributed by atoms with van der Waals surface area (Å²) < 4.78 is 37.5. The molecule has 0 amide bonds. The Morgan fingerprint density at radius 1 is 1.20 bits per heavy atom. The Bertz CT molecular complexity index is 368. The van der Waals surface area contributed by atoms with Crippen molar-refractivity contribution in [1.82, 2.24) is 10.2 Å². The molecule has 5 heteroatoms. The lowest BCUT2D eigenvalue weighted by molar-refractivity contribution is 0.0984. The van der Waals surface area contributed by atoms with Gasteiger partial charge in [-0.25, -0.2) is 13.2 Å². The van der Waals surface area contributed by atoms with Gasteiger partial charge in [0.2, 0.25) is 0 Å². The molecular formula is C15H23F3N2. The van der Waals surface area contributed by atoms with Gasteiger partial charge >= 0.3 is 0 Å². The third-order valence-corrected chi connectivity index (χ3v) is 3.16. The van der Waals surface area contributed by atoms with Crippen molar-refractivity contribution in [3.63, 3.8) is 0 Å². The summed E-state index contributed by atoms with van der Waals surface area (Å²) in [5, 5.41) is 3.38. The van der Waals surface area contributed by atoms with Crippen LogP contribution in [-0.4, -0.2) is 38.0 Å². The molecule has 0 radical (unpaired) electrons. The molecule has 0 aliphatic heterocycles. The zero-order valence-corrected chi connectivity index (χ0v) is 12.1. The first-order valence-electron chi connectivity index (χ1n) is 6.98. The first-order chi connectivity index (χ1) is 9.52. The van der Waals surface area contributed by atoms with Crippen molar-refractivity contribution < 1.29 is 13.2 Å².